The van der Waals surface area contributed by atoms with Crippen molar-refractivity contribution >= 4 is 5.94 Å². The number of ether oxygens (including phenoxy) is 1. The van der Waals surface area contributed by atoms with Gasteiger partial charge in [0, 0.05) is 0 Å². The van der Waals surface area contributed by atoms with E-state index in [0.29, 0.717) is 5.76 Å². The third kappa shape index (κ3) is 0.281. The average molecular weight is 69.0 g/mol. The summed E-state index contributed by atoms with van der Waals surface area (Å²) in [4.78, 5) is 9.25. The van der Waals surface area contributed by atoms with Crippen LogP contribution in [0.15, 0.2) is 5.76 Å². The molecule has 0 aromatic carbocycles. The monoisotopic (exact) mass is 69.0 g/mol. The van der Waals surface area contributed by atoms with E-state index in [1.54, 1.807) is 0 Å². The third-order valence-corrected chi connectivity index (χ3v) is 0.336. The second-order valence-electron chi connectivity index (χ2n) is 0.702. The van der Waals surface area contributed by atoms with E-state index in [1.165, 1.54) is 12.5 Å². The molecule has 1 heterocycles. The first-order valence-corrected chi connectivity index (χ1v) is 1.18. The lowest BCUT2D eigenvalue weighted by Crippen LogP contribution is -1.39. The maximum absolute atomic E-state index is 9.25. The Bertz CT molecular complexity index is 83.1. The van der Waals surface area contributed by atoms with Crippen molar-refractivity contribution in [2.75, 3.05) is 0 Å². The molecule has 0 atom stereocenters. The summed E-state index contributed by atoms with van der Waals surface area (Å²) >= 11 is 0. The average Bonchev–Trinajstić information content (AvgIpc) is 2.12. The molecule has 1 saturated heterocycles. The Balaban J connectivity index is 2.80. The first-order chi connectivity index (χ1) is 2.43. The molecule has 0 N–H and O–H groups in total. The van der Waals surface area contributed by atoms with Crippen LogP contribution in [0.5, 0.6) is 0 Å². The highest BCUT2D eigenvalue weighted by atomic mass is 16.6. The third-order valence-electron chi connectivity index (χ3n) is 0.336. The molecule has 1 radical (unpaired) electrons. The van der Waals surface area contributed by atoms with E-state index in [9.17, 15) is 4.79 Å². The van der Waals surface area contributed by atoms with Gasteiger partial charge >= 0.3 is 0 Å². The van der Waals surface area contributed by atoms with Crippen LogP contribution in [0.1, 0.15) is 0 Å². The van der Waals surface area contributed by atoms with Crippen LogP contribution < -0.4 is 0 Å². The van der Waals surface area contributed by atoms with Crippen LogP contribution in [-0.4, -0.2) is 5.94 Å². The van der Waals surface area contributed by atoms with E-state index in [-0.39, 0.29) is 0 Å². The lowest BCUT2D eigenvalue weighted by atomic mass is 10.8. The minimum Gasteiger partial charge on any atom is -0.467 e. The van der Waals surface area contributed by atoms with Crippen molar-refractivity contribution in [2.45, 2.75) is 0 Å². The Morgan fingerprint density at radius 2 is 2.60 bits per heavy atom. The highest BCUT2D eigenvalue weighted by Crippen LogP contribution is 2.14. The van der Waals surface area contributed by atoms with Crippen molar-refractivity contribution in [3.8, 4) is 0 Å². The van der Waals surface area contributed by atoms with Crippen molar-refractivity contribution in [3.05, 3.63) is 12.4 Å². The Morgan fingerprint density at radius 3 is 2.60 bits per heavy atom. The first kappa shape index (κ1) is 2.49. The number of hydrogen-bond donors (Lipinski definition) is 0. The quantitative estimate of drug-likeness (QED) is 0.293. The van der Waals surface area contributed by atoms with Crippen LogP contribution in [0.3, 0.4) is 0 Å². The van der Waals surface area contributed by atoms with Gasteiger partial charge in [-0.25, -0.2) is 4.79 Å². The van der Waals surface area contributed by atoms with Gasteiger partial charge in [-0.05, 0) is 0 Å². The largest absolute Gasteiger partial charge is 0.467 e. The van der Waals surface area contributed by atoms with Crippen LogP contribution in [0.25, 0.3) is 0 Å². The van der Waals surface area contributed by atoms with E-state index in [1.807, 2.05) is 0 Å². The Labute approximate surface area is 29.0 Å². The van der Waals surface area contributed by atoms with Gasteiger partial charge in [0.2, 0.25) is 12.4 Å². The number of carbonyl (C=O) groups excluding carboxylic acids is 1. The summed E-state index contributed by atoms with van der Waals surface area (Å²) in [6.07, 6.45) is 0. The Hall–Kier alpha value is -0.750. The summed E-state index contributed by atoms with van der Waals surface area (Å²) in [6, 6.07) is 0. The molecule has 1 fully saturated rings. The minimum atomic E-state index is 0.324. The molecule has 1 aliphatic rings. The van der Waals surface area contributed by atoms with Gasteiger partial charge in [0.05, 0.1) is 0 Å². The molecule has 5 heavy (non-hydrogen) atoms. The lowest BCUT2D eigenvalue weighted by Gasteiger charge is -1.37. The van der Waals surface area contributed by atoms with Crippen LogP contribution in [-0.2, 0) is 9.53 Å². The van der Waals surface area contributed by atoms with Gasteiger partial charge in [-0.1, -0.05) is 0 Å². The fraction of sp³-hybridized carbons (Fsp3) is 0. The molecule has 0 bridgehead atoms. The zero-order chi connectivity index (χ0) is 3.70. The summed E-state index contributed by atoms with van der Waals surface area (Å²) in [5.41, 5.74) is 0. The van der Waals surface area contributed by atoms with Crippen molar-refractivity contribution in [1.29, 1.82) is 0 Å². The molecule has 0 aliphatic carbocycles. The van der Waals surface area contributed by atoms with Gasteiger partial charge in [-0.3, -0.25) is 0 Å². The van der Waals surface area contributed by atoms with Crippen LogP contribution in [0.2, 0.25) is 0 Å². The molecule has 0 amide bonds. The first-order valence-electron chi connectivity index (χ1n) is 1.18. The van der Waals surface area contributed by atoms with Crippen LogP contribution in [0.4, 0.5) is 0 Å². The summed E-state index contributed by atoms with van der Waals surface area (Å²) in [6.45, 7) is 1.34. The minimum absolute atomic E-state index is 0.324. The van der Waals surface area contributed by atoms with E-state index < -0.39 is 0 Å². The molecule has 0 unspecified atom stereocenters. The standard InChI is InChI=1S/C3HO2/c4-1-3-2-5-3/h2H. The molecule has 0 aromatic heterocycles. The highest BCUT2D eigenvalue weighted by Gasteiger charge is 2.14. The number of epoxide rings is 1. The zero-order valence-electron chi connectivity index (χ0n) is 2.39. The fourth-order valence-corrected chi connectivity index (χ4v) is 0.0776. The maximum Gasteiger partial charge on any atom is 0.226 e. The molecule has 0 aromatic rings. The van der Waals surface area contributed by atoms with Crippen molar-refractivity contribution in [2.24, 2.45) is 0 Å². The summed E-state index contributed by atoms with van der Waals surface area (Å²) in [7, 11) is 0. The second kappa shape index (κ2) is 0.597. The van der Waals surface area contributed by atoms with E-state index in [2.05, 4.69) is 4.74 Å². The topological polar surface area (TPSA) is 29.6 Å². The smallest absolute Gasteiger partial charge is 0.226 e. The summed E-state index contributed by atoms with van der Waals surface area (Å²) in [5.74, 6) is 1.85. The molecule has 1 rings (SSSR count). The van der Waals surface area contributed by atoms with Gasteiger partial charge in [0.1, 0.15) is 0 Å². The normalized spacial score (nSPS) is 16.4. The number of hydrogen-bond acceptors (Lipinski definition) is 2. The Kier molecular flexibility index (Phi) is 0.297. The SMILES string of the molecule is O=C=C1[CH]O1. The molecule has 1 aliphatic heterocycles. The van der Waals surface area contributed by atoms with Crippen molar-refractivity contribution < 1.29 is 9.53 Å². The van der Waals surface area contributed by atoms with E-state index in [0.717, 1.165) is 0 Å². The molecule has 2 nitrogen and oxygen atoms in total. The molecule has 25 valence electrons. The molecule has 2 heteroatoms. The van der Waals surface area contributed by atoms with Gasteiger partial charge in [0.25, 0.3) is 0 Å². The van der Waals surface area contributed by atoms with Crippen molar-refractivity contribution in [1.82, 2.24) is 0 Å². The molecular formula is C3HO2. The van der Waals surface area contributed by atoms with Crippen LogP contribution in [0, 0.1) is 6.61 Å². The van der Waals surface area contributed by atoms with Crippen LogP contribution >= 0.6 is 0 Å². The fourth-order valence-electron chi connectivity index (χ4n) is 0.0776. The Morgan fingerprint density at radius 1 is 2.00 bits per heavy atom. The van der Waals surface area contributed by atoms with Crippen molar-refractivity contribution in [3.63, 3.8) is 0 Å². The van der Waals surface area contributed by atoms with Gasteiger partial charge in [-0.2, -0.15) is 0 Å². The predicted molar refractivity (Wildman–Crippen MR) is 14.6 cm³/mol. The zero-order valence-corrected chi connectivity index (χ0v) is 2.39. The number of rotatable bonds is 0. The molecule has 0 saturated carbocycles. The molecule has 0 spiro atoms. The summed E-state index contributed by atoms with van der Waals surface area (Å²) < 4.78 is 4.23. The molecular weight excluding hydrogens is 68.0 g/mol. The highest BCUT2D eigenvalue weighted by molar-refractivity contribution is 5.56. The summed E-state index contributed by atoms with van der Waals surface area (Å²) in [5, 5.41) is 0. The van der Waals surface area contributed by atoms with Gasteiger partial charge < -0.3 is 4.74 Å². The van der Waals surface area contributed by atoms with E-state index >= 15 is 0 Å². The van der Waals surface area contributed by atoms with E-state index in [4.69, 9.17) is 0 Å². The maximum atomic E-state index is 9.25. The van der Waals surface area contributed by atoms with Gasteiger partial charge in [0.15, 0.2) is 5.94 Å². The lowest BCUT2D eigenvalue weighted by molar-refractivity contribution is 0.534. The predicted octanol–water partition coefficient (Wildman–Crippen LogP) is -0.106. The van der Waals surface area contributed by atoms with Gasteiger partial charge in [-0.15, -0.1) is 0 Å². The second-order valence-corrected chi connectivity index (χ2v) is 0.702.